The van der Waals surface area contributed by atoms with Crippen LogP contribution >= 0.6 is 27.5 Å². The maximum atomic E-state index is 12.4. The highest BCUT2D eigenvalue weighted by molar-refractivity contribution is 9.10. The molecule has 0 saturated carbocycles. The molecular weight excluding hydrogens is 340 g/mol. The van der Waals surface area contributed by atoms with Gasteiger partial charge < -0.3 is 5.73 Å². The number of benzene rings is 1. The van der Waals surface area contributed by atoms with Gasteiger partial charge in [-0.25, -0.2) is 8.42 Å². The van der Waals surface area contributed by atoms with Gasteiger partial charge in [0.05, 0.1) is 5.02 Å². The summed E-state index contributed by atoms with van der Waals surface area (Å²) in [5, 5.41) is 0.237. The summed E-state index contributed by atoms with van der Waals surface area (Å²) in [4.78, 5) is 0.157. The van der Waals surface area contributed by atoms with Gasteiger partial charge in [0.1, 0.15) is 4.90 Å². The average molecular weight is 354 g/mol. The fraction of sp³-hybridized carbons (Fsp3) is 0.455. The van der Waals surface area contributed by atoms with E-state index in [2.05, 4.69) is 15.9 Å². The standard InChI is InChI=1S/C11H14BrClN2O2S/c12-9-1-2-11(10(13)5-9)18(16,17)15-4-3-8(6-14)7-15/h1-2,5,8H,3-4,6-7,14H2/t8-/m1/s1. The van der Waals surface area contributed by atoms with Gasteiger partial charge in [-0.15, -0.1) is 0 Å². The van der Waals surface area contributed by atoms with E-state index in [0.29, 0.717) is 19.6 Å². The molecule has 1 aromatic rings. The van der Waals surface area contributed by atoms with Crippen LogP contribution in [0.4, 0.5) is 0 Å². The zero-order valence-electron chi connectivity index (χ0n) is 9.64. The van der Waals surface area contributed by atoms with Gasteiger partial charge in [0.25, 0.3) is 0 Å². The summed E-state index contributed by atoms with van der Waals surface area (Å²) in [5.41, 5.74) is 5.57. The Balaban J connectivity index is 2.31. The van der Waals surface area contributed by atoms with Crippen LogP contribution in [0.25, 0.3) is 0 Å². The Morgan fingerprint density at radius 3 is 2.78 bits per heavy atom. The SMILES string of the molecule is NC[C@H]1CCN(S(=O)(=O)c2ccc(Br)cc2Cl)C1. The molecule has 1 fully saturated rings. The predicted molar refractivity (Wildman–Crippen MR) is 75.1 cm³/mol. The predicted octanol–water partition coefficient (Wildman–Crippen LogP) is 2.07. The van der Waals surface area contributed by atoms with Crippen molar-refractivity contribution in [2.24, 2.45) is 11.7 Å². The largest absolute Gasteiger partial charge is 0.330 e. The number of nitrogens with zero attached hydrogens (tertiary/aromatic N) is 1. The van der Waals surface area contributed by atoms with Crippen LogP contribution in [0.3, 0.4) is 0 Å². The highest BCUT2D eigenvalue weighted by atomic mass is 79.9. The molecule has 1 atom stereocenters. The fourth-order valence-electron chi connectivity index (χ4n) is 2.03. The van der Waals surface area contributed by atoms with Crippen molar-refractivity contribution in [1.82, 2.24) is 4.31 Å². The monoisotopic (exact) mass is 352 g/mol. The molecule has 2 N–H and O–H groups in total. The van der Waals surface area contributed by atoms with E-state index in [1.165, 1.54) is 10.4 Å². The Hall–Kier alpha value is -0.140. The Morgan fingerprint density at radius 1 is 1.50 bits per heavy atom. The summed E-state index contributed by atoms with van der Waals surface area (Å²) in [6.07, 6.45) is 0.809. The maximum Gasteiger partial charge on any atom is 0.244 e. The molecule has 1 aromatic carbocycles. The van der Waals surface area contributed by atoms with Crippen LogP contribution in [0.15, 0.2) is 27.6 Å². The zero-order chi connectivity index (χ0) is 13.3. The molecule has 0 amide bonds. The van der Waals surface area contributed by atoms with Gasteiger partial charge in [-0.3, -0.25) is 0 Å². The minimum absolute atomic E-state index is 0.157. The second kappa shape index (κ2) is 5.46. The number of halogens is 2. The van der Waals surface area contributed by atoms with Crippen molar-refractivity contribution in [3.8, 4) is 0 Å². The van der Waals surface area contributed by atoms with Gasteiger partial charge in [-0.2, -0.15) is 4.31 Å². The Labute approximate surface area is 120 Å². The molecule has 4 nitrogen and oxygen atoms in total. The quantitative estimate of drug-likeness (QED) is 0.905. The first-order chi connectivity index (χ1) is 8.45. The number of rotatable bonds is 3. The summed E-state index contributed by atoms with van der Waals surface area (Å²) in [6, 6.07) is 4.79. The van der Waals surface area contributed by atoms with Crippen molar-refractivity contribution < 1.29 is 8.42 Å². The molecule has 1 aliphatic rings. The number of nitrogens with two attached hydrogens (primary N) is 1. The summed E-state index contributed by atoms with van der Waals surface area (Å²) >= 11 is 9.26. The average Bonchev–Trinajstić information content (AvgIpc) is 2.77. The lowest BCUT2D eigenvalue weighted by molar-refractivity contribution is 0.459. The van der Waals surface area contributed by atoms with E-state index in [1.807, 2.05) is 0 Å². The highest BCUT2D eigenvalue weighted by Gasteiger charge is 2.33. The zero-order valence-corrected chi connectivity index (χ0v) is 12.8. The van der Waals surface area contributed by atoms with Crippen LogP contribution in [-0.4, -0.2) is 32.4 Å². The molecule has 0 bridgehead atoms. The molecule has 100 valence electrons. The van der Waals surface area contributed by atoms with Crippen molar-refractivity contribution in [1.29, 1.82) is 0 Å². The Morgan fingerprint density at radius 2 is 2.22 bits per heavy atom. The van der Waals surface area contributed by atoms with E-state index in [4.69, 9.17) is 17.3 Å². The molecule has 2 rings (SSSR count). The molecule has 18 heavy (non-hydrogen) atoms. The van der Waals surface area contributed by atoms with Gasteiger partial charge in [0, 0.05) is 17.6 Å². The Bertz CT molecular complexity index is 550. The minimum Gasteiger partial charge on any atom is -0.330 e. The molecule has 0 aromatic heterocycles. The van der Waals surface area contributed by atoms with E-state index in [0.717, 1.165) is 10.9 Å². The van der Waals surface area contributed by atoms with Gasteiger partial charge in [-0.1, -0.05) is 27.5 Å². The van der Waals surface area contributed by atoms with E-state index in [-0.39, 0.29) is 15.8 Å². The molecule has 0 spiro atoms. The molecule has 1 saturated heterocycles. The molecular formula is C11H14BrClN2O2S. The molecule has 7 heteroatoms. The molecule has 0 unspecified atom stereocenters. The lowest BCUT2D eigenvalue weighted by Crippen LogP contribution is -2.30. The van der Waals surface area contributed by atoms with Crippen LogP contribution in [0.2, 0.25) is 5.02 Å². The second-order valence-electron chi connectivity index (χ2n) is 4.33. The van der Waals surface area contributed by atoms with Crippen molar-refractivity contribution >= 4 is 37.6 Å². The molecule has 0 radical (unpaired) electrons. The van der Waals surface area contributed by atoms with Crippen LogP contribution in [0.1, 0.15) is 6.42 Å². The molecule has 1 aliphatic heterocycles. The lowest BCUT2D eigenvalue weighted by atomic mass is 10.1. The van der Waals surface area contributed by atoms with Crippen molar-refractivity contribution in [2.75, 3.05) is 19.6 Å². The van der Waals surface area contributed by atoms with Gasteiger partial charge in [0.15, 0.2) is 0 Å². The smallest absolute Gasteiger partial charge is 0.244 e. The first-order valence-corrected chi connectivity index (χ1v) is 8.21. The Kier molecular flexibility index (Phi) is 4.33. The van der Waals surface area contributed by atoms with Gasteiger partial charge in [-0.05, 0) is 37.1 Å². The number of hydrogen-bond acceptors (Lipinski definition) is 3. The minimum atomic E-state index is -3.50. The van der Waals surface area contributed by atoms with Crippen molar-refractivity contribution in [3.05, 3.63) is 27.7 Å². The third kappa shape index (κ3) is 2.72. The summed E-state index contributed by atoms with van der Waals surface area (Å²) in [6.45, 7) is 1.50. The number of sulfonamides is 1. The van der Waals surface area contributed by atoms with Gasteiger partial charge in [0.2, 0.25) is 10.0 Å². The van der Waals surface area contributed by atoms with Gasteiger partial charge >= 0.3 is 0 Å². The van der Waals surface area contributed by atoms with Crippen molar-refractivity contribution in [3.63, 3.8) is 0 Å². The molecule has 1 heterocycles. The summed E-state index contributed by atoms with van der Waals surface area (Å²) < 4.78 is 27.0. The van der Waals surface area contributed by atoms with Crippen LogP contribution < -0.4 is 5.73 Å². The van der Waals surface area contributed by atoms with E-state index >= 15 is 0 Å². The topological polar surface area (TPSA) is 63.4 Å². The fourth-order valence-corrected chi connectivity index (χ4v) is 4.57. The maximum absolute atomic E-state index is 12.4. The highest BCUT2D eigenvalue weighted by Crippen LogP contribution is 2.30. The lowest BCUT2D eigenvalue weighted by Gasteiger charge is -2.17. The second-order valence-corrected chi connectivity index (χ2v) is 7.56. The summed E-state index contributed by atoms with van der Waals surface area (Å²) in [5.74, 6) is 0.244. The normalized spacial score (nSPS) is 21.4. The van der Waals surface area contributed by atoms with Crippen LogP contribution in [0, 0.1) is 5.92 Å². The third-order valence-corrected chi connectivity index (χ3v) is 5.93. The van der Waals surface area contributed by atoms with E-state index < -0.39 is 10.0 Å². The van der Waals surface area contributed by atoms with Crippen LogP contribution in [-0.2, 0) is 10.0 Å². The third-order valence-electron chi connectivity index (χ3n) is 3.09. The van der Waals surface area contributed by atoms with E-state index in [9.17, 15) is 8.42 Å². The first-order valence-electron chi connectivity index (χ1n) is 5.60. The van der Waals surface area contributed by atoms with Crippen LogP contribution in [0.5, 0.6) is 0 Å². The van der Waals surface area contributed by atoms with E-state index in [1.54, 1.807) is 12.1 Å². The molecule has 0 aliphatic carbocycles. The summed E-state index contributed by atoms with van der Waals surface area (Å²) in [7, 11) is -3.50. The van der Waals surface area contributed by atoms with Crippen molar-refractivity contribution in [2.45, 2.75) is 11.3 Å². The number of hydrogen-bond donors (Lipinski definition) is 1. The first kappa shape index (κ1) is 14.3.